The van der Waals surface area contributed by atoms with Crippen LogP contribution in [0.4, 0.5) is 0 Å². The Morgan fingerprint density at radius 3 is 2.36 bits per heavy atom. The molecule has 0 aliphatic heterocycles. The molecule has 5 nitrogen and oxygen atoms in total. The fourth-order valence-electron chi connectivity index (χ4n) is 2.45. The second-order valence-corrected chi connectivity index (χ2v) is 5.76. The van der Waals surface area contributed by atoms with Gasteiger partial charge in [0.2, 0.25) is 5.88 Å². The minimum atomic E-state index is -0.134. The molecule has 0 aliphatic carbocycles. The summed E-state index contributed by atoms with van der Waals surface area (Å²) in [6.45, 7) is 0.964. The van der Waals surface area contributed by atoms with E-state index in [1.54, 1.807) is 4.57 Å². The number of aliphatic hydroxyl groups excluding tert-OH is 1. The van der Waals surface area contributed by atoms with E-state index in [4.69, 9.17) is 9.84 Å². The third kappa shape index (κ3) is 4.78. The van der Waals surface area contributed by atoms with Gasteiger partial charge in [0.05, 0.1) is 12.7 Å². The first-order chi connectivity index (χ1) is 12.2. The largest absolute Gasteiger partial charge is 0.473 e. The van der Waals surface area contributed by atoms with Crippen LogP contribution in [0.2, 0.25) is 0 Å². The third-order valence-electron chi connectivity index (χ3n) is 3.93. The zero-order valence-electron chi connectivity index (χ0n) is 13.8. The lowest BCUT2D eigenvalue weighted by atomic mass is 10.1. The number of rotatable bonds is 7. The lowest BCUT2D eigenvalue weighted by molar-refractivity contribution is 0.282. The summed E-state index contributed by atoms with van der Waals surface area (Å²) >= 11 is 0. The van der Waals surface area contributed by atoms with Crippen molar-refractivity contribution in [1.82, 2.24) is 9.55 Å². The highest BCUT2D eigenvalue weighted by Gasteiger charge is 2.03. The molecule has 5 heteroatoms. The molecule has 3 rings (SSSR count). The number of aromatic nitrogens is 2. The molecule has 0 spiro atoms. The Morgan fingerprint density at radius 1 is 0.960 bits per heavy atom. The minimum absolute atomic E-state index is 0.0358. The Hall–Kier alpha value is -2.92. The van der Waals surface area contributed by atoms with E-state index in [1.165, 1.54) is 12.4 Å². The van der Waals surface area contributed by atoms with Gasteiger partial charge in [0.1, 0.15) is 12.9 Å². The van der Waals surface area contributed by atoms with Gasteiger partial charge in [-0.1, -0.05) is 54.6 Å². The van der Waals surface area contributed by atoms with E-state index in [0.29, 0.717) is 19.0 Å². The van der Waals surface area contributed by atoms with Crippen LogP contribution in [0.5, 0.6) is 5.88 Å². The van der Waals surface area contributed by atoms with Gasteiger partial charge in [-0.3, -0.25) is 9.36 Å². The lowest BCUT2D eigenvalue weighted by Gasteiger charge is -2.08. The van der Waals surface area contributed by atoms with E-state index in [2.05, 4.69) is 4.98 Å². The summed E-state index contributed by atoms with van der Waals surface area (Å²) in [6.07, 6.45) is 2.24. The highest BCUT2D eigenvalue weighted by molar-refractivity contribution is 5.22. The van der Waals surface area contributed by atoms with Crippen molar-refractivity contribution >= 4 is 0 Å². The van der Waals surface area contributed by atoms with Crippen molar-refractivity contribution in [1.29, 1.82) is 0 Å². The van der Waals surface area contributed by atoms with Gasteiger partial charge in [0, 0.05) is 6.54 Å². The first-order valence-electron chi connectivity index (χ1n) is 8.16. The van der Waals surface area contributed by atoms with Crippen LogP contribution >= 0.6 is 0 Å². The van der Waals surface area contributed by atoms with Gasteiger partial charge in [-0.15, -0.1) is 0 Å². The van der Waals surface area contributed by atoms with Crippen LogP contribution in [0, 0.1) is 0 Å². The second-order valence-electron chi connectivity index (χ2n) is 5.76. The van der Waals surface area contributed by atoms with Gasteiger partial charge in [0.25, 0.3) is 5.56 Å². The SMILES string of the molecule is O=c1cc(OCc2ccccc2)ncn1CCc1ccc(CO)cc1. The van der Waals surface area contributed by atoms with Crippen LogP contribution < -0.4 is 10.3 Å². The molecule has 0 bridgehead atoms. The summed E-state index contributed by atoms with van der Waals surface area (Å²) < 4.78 is 7.13. The smallest absolute Gasteiger partial charge is 0.257 e. The summed E-state index contributed by atoms with van der Waals surface area (Å²) in [6, 6.07) is 18.9. The highest BCUT2D eigenvalue weighted by atomic mass is 16.5. The van der Waals surface area contributed by atoms with Crippen molar-refractivity contribution in [3.8, 4) is 5.88 Å². The maximum Gasteiger partial charge on any atom is 0.257 e. The zero-order valence-corrected chi connectivity index (χ0v) is 13.8. The summed E-state index contributed by atoms with van der Waals surface area (Å²) in [4.78, 5) is 16.4. The molecular weight excluding hydrogens is 316 g/mol. The second kappa shape index (κ2) is 8.26. The monoisotopic (exact) mass is 336 g/mol. The number of ether oxygens (including phenoxy) is 1. The number of aryl methyl sites for hydroxylation is 2. The quantitative estimate of drug-likeness (QED) is 0.720. The molecule has 0 amide bonds. The molecule has 1 aromatic heterocycles. The molecule has 1 N–H and O–H groups in total. The fraction of sp³-hybridized carbons (Fsp3) is 0.200. The van der Waals surface area contributed by atoms with Crippen molar-refractivity contribution in [2.24, 2.45) is 0 Å². The summed E-state index contributed by atoms with van der Waals surface area (Å²) in [7, 11) is 0. The van der Waals surface area contributed by atoms with Crippen molar-refractivity contribution in [2.75, 3.05) is 0 Å². The molecule has 1 heterocycles. The van der Waals surface area contributed by atoms with Crippen LogP contribution in [-0.2, 0) is 26.2 Å². The third-order valence-corrected chi connectivity index (χ3v) is 3.93. The molecular formula is C20H20N2O3. The van der Waals surface area contributed by atoms with Crippen LogP contribution in [0.15, 0.2) is 71.8 Å². The van der Waals surface area contributed by atoms with E-state index < -0.39 is 0 Å². The molecule has 25 heavy (non-hydrogen) atoms. The lowest BCUT2D eigenvalue weighted by Crippen LogP contribution is -2.21. The predicted octanol–water partition coefficient (Wildman–Crippen LogP) is 2.56. The number of nitrogens with zero attached hydrogens (tertiary/aromatic N) is 2. The molecule has 0 aliphatic rings. The van der Waals surface area contributed by atoms with E-state index in [1.807, 2.05) is 54.6 Å². The molecule has 0 fully saturated rings. The zero-order chi connectivity index (χ0) is 17.5. The van der Waals surface area contributed by atoms with Crippen molar-refractivity contribution in [3.63, 3.8) is 0 Å². The Morgan fingerprint density at radius 2 is 1.68 bits per heavy atom. The molecule has 0 radical (unpaired) electrons. The Bertz CT molecular complexity index is 858. The molecule has 128 valence electrons. The average molecular weight is 336 g/mol. The Labute approximate surface area is 146 Å². The molecule has 0 atom stereocenters. The standard InChI is InChI=1S/C20H20N2O3/c23-13-17-8-6-16(7-9-17)10-11-22-15-21-19(12-20(22)24)25-14-18-4-2-1-3-5-18/h1-9,12,15,23H,10-11,13-14H2. The van der Waals surface area contributed by atoms with Gasteiger partial charge < -0.3 is 9.84 Å². The molecule has 2 aromatic carbocycles. The topological polar surface area (TPSA) is 64.3 Å². The predicted molar refractivity (Wildman–Crippen MR) is 95.3 cm³/mol. The normalized spacial score (nSPS) is 10.6. The maximum absolute atomic E-state index is 12.2. The number of hydrogen-bond acceptors (Lipinski definition) is 4. The number of benzene rings is 2. The molecule has 0 saturated heterocycles. The van der Waals surface area contributed by atoms with Gasteiger partial charge in [-0.2, -0.15) is 0 Å². The van der Waals surface area contributed by atoms with Gasteiger partial charge in [-0.25, -0.2) is 4.98 Å². The first kappa shape index (κ1) is 16.9. The van der Waals surface area contributed by atoms with Crippen molar-refractivity contribution < 1.29 is 9.84 Å². The fourth-order valence-corrected chi connectivity index (χ4v) is 2.45. The molecule has 0 saturated carbocycles. The maximum atomic E-state index is 12.2. The summed E-state index contributed by atoms with van der Waals surface area (Å²) in [5, 5.41) is 9.05. The number of aliphatic hydroxyl groups is 1. The average Bonchev–Trinajstić information content (AvgIpc) is 2.67. The van der Waals surface area contributed by atoms with Crippen LogP contribution in [0.25, 0.3) is 0 Å². The van der Waals surface area contributed by atoms with Gasteiger partial charge >= 0.3 is 0 Å². The molecule has 0 unspecified atom stereocenters. The van der Waals surface area contributed by atoms with E-state index in [9.17, 15) is 4.79 Å². The Kier molecular flexibility index (Phi) is 5.59. The van der Waals surface area contributed by atoms with Crippen LogP contribution in [0.1, 0.15) is 16.7 Å². The van der Waals surface area contributed by atoms with Gasteiger partial charge in [0.15, 0.2) is 0 Å². The number of hydrogen-bond donors (Lipinski definition) is 1. The minimum Gasteiger partial charge on any atom is -0.473 e. The molecule has 3 aromatic rings. The highest BCUT2D eigenvalue weighted by Crippen LogP contribution is 2.08. The summed E-state index contributed by atoms with van der Waals surface area (Å²) in [5.41, 5.74) is 2.88. The van der Waals surface area contributed by atoms with Gasteiger partial charge in [-0.05, 0) is 23.1 Å². The van der Waals surface area contributed by atoms with E-state index >= 15 is 0 Å². The van der Waals surface area contributed by atoms with Crippen LogP contribution in [-0.4, -0.2) is 14.7 Å². The van der Waals surface area contributed by atoms with Crippen LogP contribution in [0.3, 0.4) is 0 Å². The first-order valence-corrected chi connectivity index (χ1v) is 8.16. The van der Waals surface area contributed by atoms with E-state index in [-0.39, 0.29) is 12.2 Å². The van der Waals surface area contributed by atoms with Crippen molar-refractivity contribution in [3.05, 3.63) is 94.0 Å². The Balaban J connectivity index is 1.58. The van der Waals surface area contributed by atoms with E-state index in [0.717, 1.165) is 23.1 Å². The van der Waals surface area contributed by atoms with Crippen molar-refractivity contribution in [2.45, 2.75) is 26.2 Å². The summed E-state index contributed by atoms with van der Waals surface area (Å²) in [5.74, 6) is 0.331.